The Balaban J connectivity index is 1.65. The van der Waals surface area contributed by atoms with Crippen molar-refractivity contribution in [2.24, 2.45) is 0 Å². The van der Waals surface area contributed by atoms with Gasteiger partial charge in [0.25, 0.3) is 5.91 Å². The Hall–Kier alpha value is -2.25. The van der Waals surface area contributed by atoms with Crippen molar-refractivity contribution in [1.29, 1.82) is 0 Å². The van der Waals surface area contributed by atoms with Crippen LogP contribution < -0.4 is 10.1 Å². The van der Waals surface area contributed by atoms with Crippen LogP contribution in [-0.4, -0.2) is 17.5 Å². The number of benzene rings is 2. The van der Waals surface area contributed by atoms with E-state index in [1.807, 2.05) is 32.0 Å². The molecule has 0 bridgehead atoms. The highest BCUT2D eigenvalue weighted by Crippen LogP contribution is 2.30. The Morgan fingerprint density at radius 3 is 2.70 bits per heavy atom. The second-order valence-corrected chi connectivity index (χ2v) is 7.99. The smallest absolute Gasteiger partial charge is 0.264 e. The van der Waals surface area contributed by atoms with Crippen molar-refractivity contribution in [2.45, 2.75) is 20.3 Å². The molecule has 0 saturated heterocycles. The number of ether oxygens (including phenoxy) is 1. The van der Waals surface area contributed by atoms with Gasteiger partial charge in [-0.2, -0.15) is 0 Å². The van der Waals surface area contributed by atoms with Crippen LogP contribution in [0.4, 0.5) is 9.52 Å². The van der Waals surface area contributed by atoms with Gasteiger partial charge in [-0.1, -0.05) is 22.9 Å². The summed E-state index contributed by atoms with van der Waals surface area (Å²) in [7, 11) is 0. The minimum Gasteiger partial charge on any atom is -0.483 e. The number of nitrogens with one attached hydrogen (secondary N) is 1. The number of halogens is 2. The molecule has 27 heavy (non-hydrogen) atoms. The molecule has 3 aromatic rings. The molecule has 140 valence electrons. The molecule has 0 aliphatic heterocycles. The highest BCUT2D eigenvalue weighted by molar-refractivity contribution is 9.10. The molecule has 1 N–H and O–H groups in total. The average Bonchev–Trinajstić information content (AvgIpc) is 3.01. The second-order valence-electron chi connectivity index (χ2n) is 5.87. The molecule has 1 aromatic heterocycles. The van der Waals surface area contributed by atoms with Gasteiger partial charge < -0.3 is 4.74 Å². The molecule has 1 amide bonds. The summed E-state index contributed by atoms with van der Waals surface area (Å²) in [6.07, 6.45) is 0.809. The van der Waals surface area contributed by atoms with E-state index in [1.165, 1.54) is 23.5 Å². The number of carbonyl (C=O) groups excluding carboxylic acids is 1. The standard InChI is InChI=1S/C20H18BrFN2O2S/c1-3-13-10-15(21)6-9-17(13)26-11-18(25)23-20-24-19(12(2)27-20)14-4-7-16(22)8-5-14/h4-10H,3,11H2,1-2H3,(H,23,24,25). The first kappa shape index (κ1) is 19.5. The first-order valence-corrected chi connectivity index (χ1v) is 10.0. The maximum atomic E-state index is 13.1. The SMILES string of the molecule is CCc1cc(Br)ccc1OCC(=O)Nc1nc(-c2ccc(F)cc2)c(C)s1. The molecule has 2 aromatic carbocycles. The predicted octanol–water partition coefficient (Wildman–Crippen LogP) is 5.60. The average molecular weight is 449 g/mol. The number of aromatic nitrogens is 1. The Bertz CT molecular complexity index is 957. The lowest BCUT2D eigenvalue weighted by Crippen LogP contribution is -2.20. The maximum Gasteiger partial charge on any atom is 0.264 e. The van der Waals surface area contributed by atoms with Gasteiger partial charge in [0.2, 0.25) is 0 Å². The van der Waals surface area contributed by atoms with E-state index in [-0.39, 0.29) is 18.3 Å². The molecule has 7 heteroatoms. The summed E-state index contributed by atoms with van der Waals surface area (Å²) in [4.78, 5) is 17.6. The summed E-state index contributed by atoms with van der Waals surface area (Å²) in [5, 5.41) is 3.26. The second kappa shape index (κ2) is 8.63. The monoisotopic (exact) mass is 448 g/mol. The van der Waals surface area contributed by atoms with Crippen LogP contribution in [0.3, 0.4) is 0 Å². The molecule has 0 radical (unpaired) electrons. The van der Waals surface area contributed by atoms with Gasteiger partial charge in [-0.05, 0) is 61.4 Å². The molecule has 0 spiro atoms. The number of aryl methyl sites for hydroxylation is 2. The lowest BCUT2D eigenvalue weighted by atomic mass is 10.1. The number of thiazole rings is 1. The fourth-order valence-electron chi connectivity index (χ4n) is 2.59. The van der Waals surface area contributed by atoms with Gasteiger partial charge in [0.05, 0.1) is 5.69 Å². The highest BCUT2D eigenvalue weighted by atomic mass is 79.9. The van der Waals surface area contributed by atoms with Crippen molar-refractivity contribution in [2.75, 3.05) is 11.9 Å². The third-order valence-electron chi connectivity index (χ3n) is 3.92. The lowest BCUT2D eigenvalue weighted by molar-refractivity contribution is -0.118. The van der Waals surface area contributed by atoms with Crippen LogP contribution in [0.15, 0.2) is 46.9 Å². The minimum absolute atomic E-state index is 0.0981. The van der Waals surface area contributed by atoms with E-state index in [4.69, 9.17) is 4.74 Å². The first-order valence-electron chi connectivity index (χ1n) is 8.40. The minimum atomic E-state index is -0.295. The molecule has 0 atom stereocenters. The maximum absolute atomic E-state index is 13.1. The topological polar surface area (TPSA) is 51.2 Å². The predicted molar refractivity (Wildman–Crippen MR) is 110 cm³/mol. The molecule has 3 rings (SSSR count). The van der Waals surface area contributed by atoms with E-state index in [0.29, 0.717) is 10.9 Å². The zero-order chi connectivity index (χ0) is 19.4. The van der Waals surface area contributed by atoms with E-state index in [1.54, 1.807) is 12.1 Å². The number of rotatable bonds is 6. The fourth-order valence-corrected chi connectivity index (χ4v) is 3.85. The molecule has 0 aliphatic carbocycles. The van der Waals surface area contributed by atoms with E-state index in [0.717, 1.165) is 32.6 Å². The van der Waals surface area contributed by atoms with E-state index in [2.05, 4.69) is 26.2 Å². The fraction of sp³-hybridized carbons (Fsp3) is 0.200. The summed E-state index contributed by atoms with van der Waals surface area (Å²) in [5.41, 5.74) is 2.57. The summed E-state index contributed by atoms with van der Waals surface area (Å²) >= 11 is 4.81. The molecule has 0 aliphatic rings. The quantitative estimate of drug-likeness (QED) is 0.533. The van der Waals surface area contributed by atoms with Crippen LogP contribution in [0.1, 0.15) is 17.4 Å². The van der Waals surface area contributed by atoms with Crippen LogP contribution in [-0.2, 0) is 11.2 Å². The molecule has 0 unspecified atom stereocenters. The van der Waals surface area contributed by atoms with Crippen LogP contribution in [0.5, 0.6) is 5.75 Å². The zero-order valence-electron chi connectivity index (χ0n) is 14.9. The molecule has 0 fully saturated rings. The Labute approximate surface area is 169 Å². The van der Waals surface area contributed by atoms with Crippen molar-refractivity contribution in [3.8, 4) is 17.0 Å². The number of amides is 1. The zero-order valence-corrected chi connectivity index (χ0v) is 17.3. The van der Waals surface area contributed by atoms with Crippen molar-refractivity contribution >= 4 is 38.3 Å². The normalized spacial score (nSPS) is 10.7. The molecule has 0 saturated carbocycles. The van der Waals surface area contributed by atoms with Crippen molar-refractivity contribution in [1.82, 2.24) is 4.98 Å². The van der Waals surface area contributed by atoms with E-state index in [9.17, 15) is 9.18 Å². The van der Waals surface area contributed by atoms with Crippen molar-refractivity contribution in [3.63, 3.8) is 0 Å². The summed E-state index contributed by atoms with van der Waals surface area (Å²) < 4.78 is 19.7. The lowest BCUT2D eigenvalue weighted by Gasteiger charge is -2.10. The van der Waals surface area contributed by atoms with Gasteiger partial charge in [-0.25, -0.2) is 9.37 Å². The number of nitrogens with zero attached hydrogens (tertiary/aromatic N) is 1. The van der Waals surface area contributed by atoms with Crippen LogP contribution in [0.25, 0.3) is 11.3 Å². The molecule has 1 heterocycles. The number of anilines is 1. The van der Waals surface area contributed by atoms with Gasteiger partial charge in [-0.15, -0.1) is 11.3 Å². The van der Waals surface area contributed by atoms with Crippen molar-refractivity contribution in [3.05, 3.63) is 63.2 Å². The Morgan fingerprint density at radius 2 is 2.00 bits per heavy atom. The van der Waals surface area contributed by atoms with E-state index < -0.39 is 0 Å². The Morgan fingerprint density at radius 1 is 1.26 bits per heavy atom. The molecular formula is C20H18BrFN2O2S. The number of hydrogen-bond donors (Lipinski definition) is 1. The van der Waals surface area contributed by atoms with Crippen molar-refractivity contribution < 1.29 is 13.9 Å². The summed E-state index contributed by atoms with van der Waals surface area (Å²) in [6, 6.07) is 11.8. The molecular weight excluding hydrogens is 431 g/mol. The third kappa shape index (κ3) is 4.93. The van der Waals surface area contributed by atoms with Gasteiger partial charge in [0.15, 0.2) is 11.7 Å². The highest BCUT2D eigenvalue weighted by Gasteiger charge is 2.13. The summed E-state index contributed by atoms with van der Waals surface area (Å²) in [6.45, 7) is 3.85. The van der Waals surface area contributed by atoms with Gasteiger partial charge in [0.1, 0.15) is 11.6 Å². The Kier molecular flexibility index (Phi) is 6.23. The van der Waals surface area contributed by atoms with Gasteiger partial charge >= 0.3 is 0 Å². The van der Waals surface area contributed by atoms with E-state index >= 15 is 0 Å². The molecule has 4 nitrogen and oxygen atoms in total. The summed E-state index contributed by atoms with van der Waals surface area (Å²) in [5.74, 6) is 0.120. The van der Waals surface area contributed by atoms with Crippen LogP contribution in [0, 0.1) is 12.7 Å². The number of carbonyl (C=O) groups is 1. The largest absolute Gasteiger partial charge is 0.483 e. The third-order valence-corrected chi connectivity index (χ3v) is 5.30. The van der Waals surface area contributed by atoms with Crippen LogP contribution >= 0.6 is 27.3 Å². The van der Waals surface area contributed by atoms with Crippen LogP contribution in [0.2, 0.25) is 0 Å². The first-order chi connectivity index (χ1) is 13.0. The van der Waals surface area contributed by atoms with Gasteiger partial charge in [0, 0.05) is 14.9 Å². The van der Waals surface area contributed by atoms with Gasteiger partial charge in [-0.3, -0.25) is 10.1 Å². The number of hydrogen-bond acceptors (Lipinski definition) is 4.